The number of alkyl halides is 1. The maximum Gasteiger partial charge on any atom is 0.275 e. The van der Waals surface area contributed by atoms with Gasteiger partial charge in [0.15, 0.2) is 5.69 Å². The van der Waals surface area contributed by atoms with Crippen molar-refractivity contribution in [2.75, 3.05) is 19.7 Å². The van der Waals surface area contributed by atoms with Gasteiger partial charge in [-0.3, -0.25) is 9.59 Å². The van der Waals surface area contributed by atoms with E-state index >= 15 is 0 Å². The Morgan fingerprint density at radius 2 is 1.82 bits per heavy atom. The van der Waals surface area contributed by atoms with Crippen LogP contribution in [0.3, 0.4) is 0 Å². The normalized spacial score (nSPS) is 15.3. The highest BCUT2D eigenvalue weighted by Gasteiger charge is 2.25. The molecule has 0 bridgehead atoms. The molecule has 0 radical (unpaired) electrons. The van der Waals surface area contributed by atoms with Gasteiger partial charge in [-0.2, -0.15) is 0 Å². The summed E-state index contributed by atoms with van der Waals surface area (Å²) in [6.45, 7) is 1.52. The number of likely N-dealkylation sites (tertiary alicyclic amines) is 1. The van der Waals surface area contributed by atoms with E-state index in [9.17, 15) is 19.1 Å². The van der Waals surface area contributed by atoms with Crippen molar-refractivity contribution in [2.24, 2.45) is 5.92 Å². The van der Waals surface area contributed by atoms with Gasteiger partial charge in [0.1, 0.15) is 6.26 Å². The predicted molar refractivity (Wildman–Crippen MR) is 120 cm³/mol. The molecule has 1 atom stereocenters. The first-order valence-electron chi connectivity index (χ1n) is 11.0. The number of hydrogen-bond acceptors (Lipinski definition) is 5. The number of aliphatic hydroxyl groups is 1. The molecular weight excluding hydrogens is 425 g/mol. The smallest absolute Gasteiger partial charge is 0.275 e. The maximum atomic E-state index is 14.3. The first-order valence-corrected chi connectivity index (χ1v) is 11.0. The van der Waals surface area contributed by atoms with Gasteiger partial charge in [0, 0.05) is 31.8 Å². The monoisotopic (exact) mass is 451 g/mol. The van der Waals surface area contributed by atoms with E-state index in [0.29, 0.717) is 30.1 Å². The molecule has 2 aromatic carbocycles. The zero-order valence-electron chi connectivity index (χ0n) is 18.1. The van der Waals surface area contributed by atoms with Crippen LogP contribution in [0.4, 0.5) is 4.39 Å². The van der Waals surface area contributed by atoms with Gasteiger partial charge in [-0.1, -0.05) is 42.5 Å². The molecule has 1 aliphatic rings. The van der Waals surface area contributed by atoms with Gasteiger partial charge in [0.2, 0.25) is 12.1 Å². The third-order valence-corrected chi connectivity index (χ3v) is 5.87. The number of aliphatic hydroxyl groups excluding tert-OH is 1. The van der Waals surface area contributed by atoms with Crippen molar-refractivity contribution >= 4 is 11.8 Å². The number of nitrogens with zero attached hydrogens (tertiary/aromatic N) is 2. The Hall–Kier alpha value is -3.52. The Morgan fingerprint density at radius 3 is 2.48 bits per heavy atom. The highest BCUT2D eigenvalue weighted by atomic mass is 19.1. The third-order valence-electron chi connectivity index (χ3n) is 5.87. The van der Waals surface area contributed by atoms with Crippen molar-refractivity contribution in [2.45, 2.75) is 25.6 Å². The molecule has 1 aromatic heterocycles. The van der Waals surface area contributed by atoms with Crippen LogP contribution in [0, 0.1) is 5.92 Å². The second kappa shape index (κ2) is 10.4. The molecule has 7 nitrogen and oxygen atoms in total. The molecule has 2 amide bonds. The van der Waals surface area contributed by atoms with E-state index in [4.69, 9.17) is 4.42 Å². The Labute approximate surface area is 191 Å². The van der Waals surface area contributed by atoms with E-state index in [0.717, 1.165) is 18.4 Å². The van der Waals surface area contributed by atoms with E-state index in [1.54, 1.807) is 59.5 Å². The van der Waals surface area contributed by atoms with Gasteiger partial charge in [-0.25, -0.2) is 9.37 Å². The van der Waals surface area contributed by atoms with Gasteiger partial charge in [-0.05, 0) is 42.0 Å². The second-order valence-corrected chi connectivity index (χ2v) is 8.14. The average molecular weight is 451 g/mol. The lowest BCUT2D eigenvalue weighted by Crippen LogP contribution is -2.39. The van der Waals surface area contributed by atoms with Crippen LogP contribution >= 0.6 is 0 Å². The van der Waals surface area contributed by atoms with Crippen LogP contribution < -0.4 is 5.32 Å². The Kier molecular flexibility index (Phi) is 7.14. The average Bonchev–Trinajstić information content (AvgIpc) is 3.37. The highest BCUT2D eigenvalue weighted by molar-refractivity contribution is 5.92. The number of nitrogens with one attached hydrogen (secondary N) is 1. The minimum absolute atomic E-state index is 0.150. The van der Waals surface area contributed by atoms with E-state index < -0.39 is 12.1 Å². The lowest BCUT2D eigenvalue weighted by molar-refractivity contribution is -0.126. The summed E-state index contributed by atoms with van der Waals surface area (Å²) in [4.78, 5) is 30.8. The molecule has 1 fully saturated rings. The molecule has 1 saturated heterocycles. The molecule has 2 heterocycles. The molecule has 1 unspecified atom stereocenters. The summed E-state index contributed by atoms with van der Waals surface area (Å²) in [6, 6.07) is 15.4. The van der Waals surface area contributed by atoms with Crippen molar-refractivity contribution in [1.29, 1.82) is 0 Å². The highest BCUT2D eigenvalue weighted by Crippen LogP contribution is 2.23. The minimum atomic E-state index is -1.72. The molecule has 0 saturated carbocycles. The van der Waals surface area contributed by atoms with Crippen LogP contribution in [0.15, 0.2) is 65.3 Å². The number of benzene rings is 2. The molecule has 2 N–H and O–H groups in total. The lowest BCUT2D eigenvalue weighted by Gasteiger charge is -2.30. The number of aromatic nitrogens is 1. The van der Waals surface area contributed by atoms with E-state index in [-0.39, 0.29) is 30.7 Å². The zero-order valence-corrected chi connectivity index (χ0v) is 18.1. The fraction of sp³-hybridized carbons (Fsp3) is 0.320. The van der Waals surface area contributed by atoms with Crippen LogP contribution in [0.25, 0.3) is 11.5 Å². The molecule has 1 aliphatic heterocycles. The molecular formula is C25H26FN3O4. The van der Waals surface area contributed by atoms with Crippen LogP contribution in [-0.4, -0.2) is 46.5 Å². The van der Waals surface area contributed by atoms with Crippen LogP contribution in [0.1, 0.15) is 40.6 Å². The largest absolute Gasteiger partial charge is 0.444 e. The second-order valence-electron chi connectivity index (χ2n) is 8.14. The topological polar surface area (TPSA) is 95.7 Å². The molecule has 33 heavy (non-hydrogen) atoms. The van der Waals surface area contributed by atoms with Crippen LogP contribution in [0.2, 0.25) is 0 Å². The SMILES string of the molecule is O=C(NCc1ccc(-c2nc(C(=O)N3CCC(CO)CC3)co2)cc1)C(F)c1ccccc1. The molecule has 8 heteroatoms. The minimum Gasteiger partial charge on any atom is -0.444 e. The Bertz CT molecular complexity index is 1080. The summed E-state index contributed by atoms with van der Waals surface area (Å²) in [5.41, 5.74) is 2.05. The lowest BCUT2D eigenvalue weighted by atomic mass is 9.98. The van der Waals surface area contributed by atoms with E-state index in [2.05, 4.69) is 10.3 Å². The van der Waals surface area contributed by atoms with Crippen molar-refractivity contribution in [3.63, 3.8) is 0 Å². The van der Waals surface area contributed by atoms with Crippen LogP contribution in [0.5, 0.6) is 0 Å². The number of hydrogen-bond donors (Lipinski definition) is 2. The summed E-state index contributed by atoms with van der Waals surface area (Å²) >= 11 is 0. The number of carbonyl (C=O) groups is 2. The van der Waals surface area contributed by atoms with Gasteiger partial charge in [-0.15, -0.1) is 0 Å². The van der Waals surface area contributed by atoms with Crippen molar-refractivity contribution in [1.82, 2.24) is 15.2 Å². The number of oxazole rings is 1. The quantitative estimate of drug-likeness (QED) is 0.573. The summed E-state index contributed by atoms with van der Waals surface area (Å²) in [7, 11) is 0. The van der Waals surface area contributed by atoms with Crippen molar-refractivity contribution in [3.8, 4) is 11.5 Å². The first kappa shape index (κ1) is 22.7. The van der Waals surface area contributed by atoms with E-state index in [1.165, 1.54) is 6.26 Å². The van der Waals surface area contributed by atoms with E-state index in [1.807, 2.05) is 0 Å². The number of carbonyl (C=O) groups excluding carboxylic acids is 2. The Balaban J connectivity index is 1.33. The zero-order chi connectivity index (χ0) is 23.2. The molecule has 172 valence electrons. The van der Waals surface area contributed by atoms with Gasteiger partial charge < -0.3 is 19.7 Å². The number of halogens is 1. The molecule has 0 aliphatic carbocycles. The summed E-state index contributed by atoms with van der Waals surface area (Å²) < 4.78 is 19.8. The van der Waals surface area contributed by atoms with Crippen LogP contribution in [-0.2, 0) is 11.3 Å². The number of rotatable bonds is 7. The van der Waals surface area contributed by atoms with Gasteiger partial charge in [0.05, 0.1) is 0 Å². The predicted octanol–water partition coefficient (Wildman–Crippen LogP) is 3.51. The number of amides is 2. The standard InChI is InChI=1S/C25H26FN3O4/c26-22(19-4-2-1-3-5-19)23(31)27-14-17-6-8-20(9-7-17)24-28-21(16-33-24)25(32)29-12-10-18(15-30)11-13-29/h1-9,16,18,22,30H,10-15H2,(H,27,31). The fourth-order valence-corrected chi connectivity index (χ4v) is 3.80. The molecule has 3 aromatic rings. The fourth-order valence-electron chi connectivity index (χ4n) is 3.80. The summed E-state index contributed by atoms with van der Waals surface area (Å²) in [5, 5.41) is 11.8. The summed E-state index contributed by atoms with van der Waals surface area (Å²) in [6.07, 6.45) is 1.19. The van der Waals surface area contributed by atoms with Gasteiger partial charge >= 0.3 is 0 Å². The Morgan fingerprint density at radius 1 is 1.12 bits per heavy atom. The maximum absolute atomic E-state index is 14.3. The van der Waals surface area contributed by atoms with Gasteiger partial charge in [0.25, 0.3) is 11.8 Å². The summed E-state index contributed by atoms with van der Waals surface area (Å²) in [5.74, 6) is -0.296. The number of piperidine rings is 1. The van der Waals surface area contributed by atoms with Crippen molar-refractivity contribution in [3.05, 3.63) is 77.7 Å². The molecule has 4 rings (SSSR count). The molecule has 0 spiro atoms. The van der Waals surface area contributed by atoms with Crippen molar-refractivity contribution < 1.29 is 23.5 Å². The first-order chi connectivity index (χ1) is 16.0. The third kappa shape index (κ3) is 5.46.